The largest absolute Gasteiger partial charge is 0.416 e. The molecule has 17 heavy (non-hydrogen) atoms. The lowest BCUT2D eigenvalue weighted by atomic mass is 9.88. The molecule has 0 amide bonds. The van der Waals surface area contributed by atoms with Crippen molar-refractivity contribution in [3.05, 3.63) is 35.4 Å². The van der Waals surface area contributed by atoms with E-state index in [1.54, 1.807) is 0 Å². The molecule has 94 valence electrons. The van der Waals surface area contributed by atoms with Crippen LogP contribution >= 0.6 is 0 Å². The lowest BCUT2D eigenvalue weighted by Crippen LogP contribution is -2.28. The van der Waals surface area contributed by atoms with E-state index >= 15 is 0 Å². The molecule has 0 aromatic heterocycles. The molecule has 0 heterocycles. The molecule has 0 bridgehead atoms. The van der Waals surface area contributed by atoms with E-state index in [0.717, 1.165) is 6.07 Å². The van der Waals surface area contributed by atoms with Crippen molar-refractivity contribution in [2.75, 3.05) is 7.11 Å². The number of methoxy groups -OCH3 is 1. The number of ether oxygens (including phenoxy) is 1. The minimum absolute atomic E-state index is 0.0258. The van der Waals surface area contributed by atoms with Crippen molar-refractivity contribution < 1.29 is 22.7 Å². The summed E-state index contributed by atoms with van der Waals surface area (Å²) < 4.78 is 43.5. The Hall–Kier alpha value is -1.36. The van der Waals surface area contributed by atoms with E-state index in [1.165, 1.54) is 32.2 Å². The zero-order chi connectivity index (χ0) is 13.1. The summed E-state index contributed by atoms with van der Waals surface area (Å²) in [5, 5.41) is 0. The Morgan fingerprint density at radius 1 is 1.24 bits per heavy atom. The molecule has 0 spiro atoms. The molecular formula is C12H13F3O2. The van der Waals surface area contributed by atoms with E-state index < -0.39 is 17.3 Å². The maximum atomic E-state index is 12.8. The van der Waals surface area contributed by atoms with Gasteiger partial charge in [0.2, 0.25) is 0 Å². The highest BCUT2D eigenvalue weighted by Crippen LogP contribution is 2.38. The van der Waals surface area contributed by atoms with Crippen LogP contribution in [0.4, 0.5) is 13.2 Å². The summed E-state index contributed by atoms with van der Waals surface area (Å²) in [5.74, 6) is 0. The van der Waals surface area contributed by atoms with Crippen LogP contribution in [0.5, 0.6) is 0 Å². The van der Waals surface area contributed by atoms with Crippen LogP contribution in [0.1, 0.15) is 24.5 Å². The lowest BCUT2D eigenvalue weighted by Gasteiger charge is -2.29. The Balaban J connectivity index is 3.34. The van der Waals surface area contributed by atoms with Crippen LogP contribution in [0, 0.1) is 0 Å². The van der Waals surface area contributed by atoms with Crippen molar-refractivity contribution in [3.8, 4) is 0 Å². The number of carbonyl (C=O) groups is 1. The van der Waals surface area contributed by atoms with E-state index in [-0.39, 0.29) is 12.0 Å². The molecule has 0 fully saturated rings. The number of rotatable bonds is 4. The minimum Gasteiger partial charge on any atom is -0.373 e. The average molecular weight is 246 g/mol. The molecule has 1 unspecified atom stereocenters. The van der Waals surface area contributed by atoms with E-state index in [9.17, 15) is 18.0 Å². The van der Waals surface area contributed by atoms with Crippen molar-refractivity contribution in [2.45, 2.75) is 25.1 Å². The lowest BCUT2D eigenvalue weighted by molar-refractivity contribution is -0.142. The quantitative estimate of drug-likeness (QED) is 0.763. The van der Waals surface area contributed by atoms with Gasteiger partial charge in [-0.2, -0.15) is 13.2 Å². The van der Waals surface area contributed by atoms with Gasteiger partial charge in [-0.3, -0.25) is 0 Å². The third kappa shape index (κ3) is 2.85. The first-order valence-electron chi connectivity index (χ1n) is 5.00. The first-order valence-corrected chi connectivity index (χ1v) is 5.00. The molecule has 0 saturated carbocycles. The summed E-state index contributed by atoms with van der Waals surface area (Å²) in [7, 11) is 1.29. The van der Waals surface area contributed by atoms with Crippen LogP contribution in [0.15, 0.2) is 24.3 Å². The summed E-state index contributed by atoms with van der Waals surface area (Å²) in [6.45, 7) is 1.46. The molecule has 0 radical (unpaired) electrons. The van der Waals surface area contributed by atoms with Crippen LogP contribution in [-0.2, 0) is 21.3 Å². The highest BCUT2D eigenvalue weighted by molar-refractivity contribution is 5.53. The fourth-order valence-corrected chi connectivity index (χ4v) is 1.65. The number of hydrogen-bond donors (Lipinski definition) is 0. The molecule has 0 aliphatic carbocycles. The summed E-state index contributed by atoms with van der Waals surface area (Å²) >= 11 is 0. The fraction of sp³-hybridized carbons (Fsp3) is 0.417. The van der Waals surface area contributed by atoms with Gasteiger partial charge in [0.05, 0.1) is 11.2 Å². The third-order valence-corrected chi connectivity index (χ3v) is 2.73. The van der Waals surface area contributed by atoms with Crippen LogP contribution in [0.2, 0.25) is 0 Å². The second-order valence-corrected chi connectivity index (χ2v) is 3.85. The predicted octanol–water partition coefficient (Wildman–Crippen LogP) is 3.16. The van der Waals surface area contributed by atoms with E-state index in [2.05, 4.69) is 0 Å². The topological polar surface area (TPSA) is 26.3 Å². The zero-order valence-electron chi connectivity index (χ0n) is 9.54. The molecule has 0 aliphatic rings. The number of alkyl halides is 3. The molecule has 5 heteroatoms. The van der Waals surface area contributed by atoms with Gasteiger partial charge in [-0.25, -0.2) is 0 Å². The van der Waals surface area contributed by atoms with Gasteiger partial charge in [-0.1, -0.05) is 18.2 Å². The highest BCUT2D eigenvalue weighted by Gasteiger charge is 2.39. The molecule has 0 saturated heterocycles. The SMILES string of the molecule is COC(C)(CC=O)c1ccccc1C(F)(F)F. The van der Waals surface area contributed by atoms with Gasteiger partial charge in [0.1, 0.15) is 6.29 Å². The molecule has 0 aliphatic heterocycles. The van der Waals surface area contributed by atoms with Gasteiger partial charge < -0.3 is 9.53 Å². The van der Waals surface area contributed by atoms with E-state index in [1.807, 2.05) is 0 Å². The van der Waals surface area contributed by atoms with Gasteiger partial charge in [-0.05, 0) is 18.6 Å². The minimum atomic E-state index is -4.46. The third-order valence-electron chi connectivity index (χ3n) is 2.73. The van der Waals surface area contributed by atoms with Gasteiger partial charge in [0.15, 0.2) is 0 Å². The molecule has 1 rings (SSSR count). The average Bonchev–Trinajstić information content (AvgIpc) is 2.28. The maximum absolute atomic E-state index is 12.8. The Labute approximate surface area is 97.4 Å². The molecule has 0 N–H and O–H groups in total. The van der Waals surface area contributed by atoms with Crippen molar-refractivity contribution in [1.29, 1.82) is 0 Å². The highest BCUT2D eigenvalue weighted by atomic mass is 19.4. The van der Waals surface area contributed by atoms with Crippen LogP contribution < -0.4 is 0 Å². The van der Waals surface area contributed by atoms with Crippen LogP contribution in [0.25, 0.3) is 0 Å². The number of benzene rings is 1. The number of hydrogen-bond acceptors (Lipinski definition) is 2. The Bertz CT molecular complexity index is 401. The molecule has 1 aromatic carbocycles. The van der Waals surface area contributed by atoms with E-state index in [0.29, 0.717) is 6.29 Å². The Morgan fingerprint density at radius 3 is 2.18 bits per heavy atom. The zero-order valence-corrected chi connectivity index (χ0v) is 9.54. The Morgan fingerprint density at radius 2 is 1.76 bits per heavy atom. The van der Waals surface area contributed by atoms with Crippen molar-refractivity contribution >= 4 is 6.29 Å². The maximum Gasteiger partial charge on any atom is 0.416 e. The summed E-state index contributed by atoms with van der Waals surface area (Å²) in [5.41, 5.74) is -2.05. The summed E-state index contributed by atoms with van der Waals surface area (Å²) in [6, 6.07) is 5.11. The molecule has 1 atom stereocenters. The monoisotopic (exact) mass is 246 g/mol. The van der Waals surface area contributed by atoms with Gasteiger partial charge in [0, 0.05) is 13.5 Å². The van der Waals surface area contributed by atoms with E-state index in [4.69, 9.17) is 4.74 Å². The second-order valence-electron chi connectivity index (χ2n) is 3.85. The summed E-state index contributed by atoms with van der Waals surface area (Å²) in [4.78, 5) is 10.6. The summed E-state index contributed by atoms with van der Waals surface area (Å²) in [6.07, 6.45) is -4.04. The Kier molecular flexibility index (Phi) is 3.93. The normalized spacial score (nSPS) is 15.4. The van der Waals surface area contributed by atoms with Crippen LogP contribution in [-0.4, -0.2) is 13.4 Å². The molecular weight excluding hydrogens is 233 g/mol. The number of aldehydes is 1. The van der Waals surface area contributed by atoms with Gasteiger partial charge >= 0.3 is 6.18 Å². The molecule has 1 aromatic rings. The van der Waals surface area contributed by atoms with Gasteiger partial charge in [0.25, 0.3) is 0 Å². The standard InChI is InChI=1S/C12H13F3O2/c1-11(17-2,7-8-16)9-5-3-4-6-10(9)12(13,14)15/h3-6,8H,7H2,1-2H3. The number of halogens is 3. The fourth-order valence-electron chi connectivity index (χ4n) is 1.65. The van der Waals surface area contributed by atoms with Crippen molar-refractivity contribution in [3.63, 3.8) is 0 Å². The predicted molar refractivity (Wildman–Crippen MR) is 56.5 cm³/mol. The van der Waals surface area contributed by atoms with Crippen molar-refractivity contribution in [2.24, 2.45) is 0 Å². The van der Waals surface area contributed by atoms with Crippen molar-refractivity contribution in [1.82, 2.24) is 0 Å². The van der Waals surface area contributed by atoms with Gasteiger partial charge in [-0.15, -0.1) is 0 Å². The smallest absolute Gasteiger partial charge is 0.373 e. The first-order chi connectivity index (χ1) is 7.85. The molecule has 2 nitrogen and oxygen atoms in total. The second kappa shape index (κ2) is 4.87. The number of carbonyl (C=O) groups excluding carboxylic acids is 1. The first kappa shape index (κ1) is 13.7. The van der Waals surface area contributed by atoms with Crippen LogP contribution in [0.3, 0.4) is 0 Å².